The largest absolute Gasteiger partial charge is 0.330 e. The first-order valence-electron chi connectivity index (χ1n) is 11.6. The Morgan fingerprint density at radius 2 is 1.79 bits per heavy atom. The Morgan fingerprint density at radius 1 is 1.06 bits per heavy atom. The number of amides is 2. The van der Waals surface area contributed by atoms with Gasteiger partial charge in [-0.15, -0.1) is 0 Å². The van der Waals surface area contributed by atoms with Gasteiger partial charge < -0.3 is 16.0 Å². The Hall–Kier alpha value is -2.88. The van der Waals surface area contributed by atoms with E-state index in [4.69, 9.17) is 22.6 Å². The minimum atomic E-state index is -0.137. The zero-order valence-electron chi connectivity index (χ0n) is 18.6. The molecule has 0 spiro atoms. The van der Waals surface area contributed by atoms with E-state index in [0.717, 1.165) is 50.5 Å². The molecule has 0 saturated heterocycles. The van der Waals surface area contributed by atoms with E-state index >= 15 is 0 Å². The van der Waals surface area contributed by atoms with Crippen LogP contribution in [0.25, 0.3) is 0 Å². The van der Waals surface area contributed by atoms with Crippen molar-refractivity contribution in [3.63, 3.8) is 0 Å². The molecule has 6 nitrogen and oxygen atoms in total. The number of nitriles is 1. The molecule has 0 aliphatic heterocycles. The summed E-state index contributed by atoms with van der Waals surface area (Å²) >= 11 is 6.53. The number of hydrogen-bond donors (Lipinski definition) is 2. The Kier molecular flexibility index (Phi) is 7.32. The second-order valence-corrected chi connectivity index (χ2v) is 9.47. The van der Waals surface area contributed by atoms with Crippen LogP contribution in [0.4, 0.5) is 5.69 Å². The number of nitrogens with zero attached hydrogens (tertiary/aromatic N) is 2. The van der Waals surface area contributed by atoms with Crippen LogP contribution in [0.3, 0.4) is 0 Å². The maximum absolute atomic E-state index is 13.6. The summed E-state index contributed by atoms with van der Waals surface area (Å²) in [7, 11) is 0. The van der Waals surface area contributed by atoms with Crippen LogP contribution in [0.15, 0.2) is 42.5 Å². The van der Waals surface area contributed by atoms with Gasteiger partial charge in [0.05, 0.1) is 11.6 Å². The van der Waals surface area contributed by atoms with E-state index in [-0.39, 0.29) is 29.8 Å². The molecule has 2 fully saturated rings. The van der Waals surface area contributed by atoms with Gasteiger partial charge in [-0.1, -0.05) is 30.9 Å². The fraction of sp³-hybridized carbons (Fsp3) is 0.423. The monoisotopic (exact) mass is 464 g/mol. The maximum Gasteiger partial charge on any atom is 0.254 e. The molecule has 7 heteroatoms. The van der Waals surface area contributed by atoms with Gasteiger partial charge in [-0.25, -0.2) is 0 Å². The van der Waals surface area contributed by atoms with Crippen LogP contribution in [0, 0.1) is 17.2 Å². The number of carbonyl (C=O) groups excluding carboxylic acids is 2. The lowest BCUT2D eigenvalue weighted by molar-refractivity contribution is -0.122. The van der Waals surface area contributed by atoms with Gasteiger partial charge in [-0.05, 0) is 73.7 Å². The molecule has 0 aromatic heterocycles. The van der Waals surface area contributed by atoms with Crippen molar-refractivity contribution in [1.29, 1.82) is 5.26 Å². The molecule has 2 aromatic rings. The van der Waals surface area contributed by atoms with Gasteiger partial charge in [0, 0.05) is 40.8 Å². The fourth-order valence-corrected chi connectivity index (χ4v) is 4.77. The van der Waals surface area contributed by atoms with Crippen molar-refractivity contribution in [3.8, 4) is 6.07 Å². The molecule has 0 bridgehead atoms. The molecule has 2 unspecified atom stereocenters. The molecule has 33 heavy (non-hydrogen) atoms. The lowest BCUT2D eigenvalue weighted by Gasteiger charge is -2.38. The third kappa shape index (κ3) is 5.38. The third-order valence-corrected chi connectivity index (χ3v) is 7.20. The topological polar surface area (TPSA) is 99.2 Å². The van der Waals surface area contributed by atoms with E-state index in [1.54, 1.807) is 36.4 Å². The number of nitrogens with two attached hydrogens (primary N) is 1. The molecule has 2 aromatic carbocycles. The first-order valence-corrected chi connectivity index (χ1v) is 12.0. The highest BCUT2D eigenvalue weighted by atomic mass is 35.5. The van der Waals surface area contributed by atoms with Crippen molar-refractivity contribution in [2.45, 2.75) is 63.6 Å². The van der Waals surface area contributed by atoms with Crippen LogP contribution in [-0.2, 0) is 11.3 Å². The molecule has 2 atom stereocenters. The van der Waals surface area contributed by atoms with Crippen LogP contribution in [0.2, 0.25) is 5.02 Å². The summed E-state index contributed by atoms with van der Waals surface area (Å²) in [6.07, 6.45) is 6.72. The van der Waals surface area contributed by atoms with Gasteiger partial charge >= 0.3 is 0 Å². The van der Waals surface area contributed by atoms with Crippen LogP contribution in [0.5, 0.6) is 0 Å². The van der Waals surface area contributed by atoms with E-state index in [9.17, 15) is 9.59 Å². The molecule has 0 radical (unpaired) electrons. The fourth-order valence-electron chi connectivity index (χ4n) is 4.59. The van der Waals surface area contributed by atoms with Crippen molar-refractivity contribution in [3.05, 3.63) is 64.2 Å². The lowest BCUT2D eigenvalue weighted by Crippen LogP contribution is -2.51. The third-order valence-electron chi connectivity index (χ3n) is 6.83. The molecule has 2 aliphatic rings. The van der Waals surface area contributed by atoms with E-state index in [0.29, 0.717) is 28.4 Å². The van der Waals surface area contributed by atoms with Gasteiger partial charge in [0.15, 0.2) is 0 Å². The SMILES string of the molecule is N#Cc1ccc(C(=O)N(Cc2cc(NC(=O)C3CCC3)ccc2Cl)C2CCCCC2N)cc1. The van der Waals surface area contributed by atoms with Crippen molar-refractivity contribution >= 4 is 29.1 Å². The quantitative estimate of drug-likeness (QED) is 0.637. The molecule has 0 heterocycles. The number of nitrogens with one attached hydrogen (secondary N) is 1. The zero-order valence-corrected chi connectivity index (χ0v) is 19.4. The highest BCUT2D eigenvalue weighted by Gasteiger charge is 2.32. The van der Waals surface area contributed by atoms with Gasteiger partial charge in [-0.2, -0.15) is 5.26 Å². The summed E-state index contributed by atoms with van der Waals surface area (Å²) in [5.74, 6) is -0.0185. The minimum Gasteiger partial charge on any atom is -0.330 e. The summed E-state index contributed by atoms with van der Waals surface area (Å²) in [4.78, 5) is 27.8. The molecule has 2 saturated carbocycles. The summed E-state index contributed by atoms with van der Waals surface area (Å²) in [5, 5.41) is 12.6. The Morgan fingerprint density at radius 3 is 2.42 bits per heavy atom. The zero-order chi connectivity index (χ0) is 23.4. The highest BCUT2D eigenvalue weighted by Crippen LogP contribution is 2.30. The number of halogens is 1. The first kappa shape index (κ1) is 23.3. The number of benzene rings is 2. The van der Waals surface area contributed by atoms with Crippen molar-refractivity contribution in [1.82, 2.24) is 4.90 Å². The minimum absolute atomic E-state index is 0.0364. The summed E-state index contributed by atoms with van der Waals surface area (Å²) < 4.78 is 0. The normalized spacial score (nSPS) is 20.4. The molecular formula is C26H29ClN4O2. The van der Waals surface area contributed by atoms with Crippen LogP contribution in [0.1, 0.15) is 66.4 Å². The van der Waals surface area contributed by atoms with E-state index in [1.807, 2.05) is 11.0 Å². The van der Waals surface area contributed by atoms with E-state index < -0.39 is 0 Å². The van der Waals surface area contributed by atoms with Crippen molar-refractivity contribution in [2.24, 2.45) is 11.7 Å². The Labute approximate surface area is 199 Å². The molecule has 2 aliphatic carbocycles. The molecule has 172 valence electrons. The molecule has 4 rings (SSSR count). The van der Waals surface area contributed by atoms with E-state index in [2.05, 4.69) is 11.4 Å². The van der Waals surface area contributed by atoms with Crippen LogP contribution >= 0.6 is 11.6 Å². The Bertz CT molecular complexity index is 1060. The highest BCUT2D eigenvalue weighted by molar-refractivity contribution is 6.31. The summed E-state index contributed by atoms with van der Waals surface area (Å²) in [6.45, 7) is 0.295. The predicted octanol–water partition coefficient (Wildman–Crippen LogP) is 4.86. The molecule has 2 amide bonds. The lowest BCUT2D eigenvalue weighted by atomic mass is 9.85. The van der Waals surface area contributed by atoms with Crippen molar-refractivity contribution in [2.75, 3.05) is 5.32 Å². The number of carbonyl (C=O) groups is 2. The number of anilines is 1. The first-order chi connectivity index (χ1) is 16.0. The van der Waals surface area contributed by atoms with Gasteiger partial charge in [0.25, 0.3) is 5.91 Å². The molecular weight excluding hydrogens is 436 g/mol. The number of rotatable bonds is 6. The predicted molar refractivity (Wildman–Crippen MR) is 129 cm³/mol. The smallest absolute Gasteiger partial charge is 0.254 e. The second kappa shape index (κ2) is 10.4. The van der Waals surface area contributed by atoms with Crippen molar-refractivity contribution < 1.29 is 9.59 Å². The van der Waals surface area contributed by atoms with Gasteiger partial charge in [0.1, 0.15) is 0 Å². The van der Waals surface area contributed by atoms with Crippen LogP contribution in [-0.4, -0.2) is 28.8 Å². The number of hydrogen-bond acceptors (Lipinski definition) is 4. The summed E-state index contributed by atoms with van der Waals surface area (Å²) in [5.41, 5.74) is 8.93. The molecule has 3 N–H and O–H groups in total. The Balaban J connectivity index is 1.60. The standard InChI is InChI=1S/C26H29ClN4O2/c27-22-13-12-21(30-25(32)18-4-3-5-18)14-20(22)16-31(24-7-2-1-6-23(24)29)26(33)19-10-8-17(15-28)9-11-19/h8-14,18,23-24H,1-7,16,29H2,(H,30,32). The average molecular weight is 465 g/mol. The maximum atomic E-state index is 13.6. The average Bonchev–Trinajstić information content (AvgIpc) is 2.78. The van der Waals surface area contributed by atoms with E-state index in [1.165, 1.54) is 0 Å². The summed E-state index contributed by atoms with van der Waals surface area (Å²) in [6, 6.07) is 13.9. The van der Waals surface area contributed by atoms with Gasteiger partial charge in [0.2, 0.25) is 5.91 Å². The van der Waals surface area contributed by atoms with Gasteiger partial charge in [-0.3, -0.25) is 9.59 Å². The second-order valence-electron chi connectivity index (χ2n) is 9.06. The van der Waals surface area contributed by atoms with Crippen LogP contribution < -0.4 is 11.1 Å².